The SMILES string of the molecule is CC1CCN(C[C@H]2CCN(c3ccc4c(c3)Cn3cc(-c5ccc(F)cc5)cc3-c3nccn3-4)C2)CC1.CC[C@H]1CCN(c2ccc3c(c2)Cn2cc(-c4ccc(C#N)cc4)cc2-c2ncc(C)n2-3)C1.CN(C)[C@H]1CCCN(c2ccc3c(c2)Cn2cc(-c4ccc(C#N)cc4)cc2-c2nncn2-3)C1. The minimum absolute atomic E-state index is 0.212. The Labute approximate surface area is 608 Å². The Hall–Kier alpha value is -11.1. The van der Waals surface area contributed by atoms with E-state index in [2.05, 4.69) is 207 Å². The van der Waals surface area contributed by atoms with Crippen LogP contribution in [0.5, 0.6) is 0 Å². The number of aryl methyl sites for hydroxylation is 1. The lowest BCUT2D eigenvalue weighted by Gasteiger charge is -2.37. The van der Waals surface area contributed by atoms with Crippen molar-refractivity contribution >= 4 is 17.1 Å². The highest BCUT2D eigenvalue weighted by molar-refractivity contribution is 5.76. The van der Waals surface area contributed by atoms with Gasteiger partial charge in [-0.15, -0.1) is 10.2 Å². The van der Waals surface area contributed by atoms with Gasteiger partial charge in [0.15, 0.2) is 17.5 Å². The van der Waals surface area contributed by atoms with Crippen LogP contribution >= 0.6 is 0 Å². The van der Waals surface area contributed by atoms with Gasteiger partial charge in [0.05, 0.1) is 57.4 Å². The second kappa shape index (κ2) is 28.0. The van der Waals surface area contributed by atoms with Crippen molar-refractivity contribution in [3.63, 3.8) is 0 Å². The molecular weight excluding hydrogens is 1290 g/mol. The molecule has 0 saturated carbocycles. The number of likely N-dealkylation sites (N-methyl/N-ethyl adjacent to an activating group) is 1. The number of hydrogen-bond donors (Lipinski definition) is 0. The molecule has 104 heavy (non-hydrogen) atoms. The molecule has 7 aliphatic rings. The van der Waals surface area contributed by atoms with E-state index in [4.69, 9.17) is 20.5 Å². The molecule has 0 aliphatic carbocycles. The van der Waals surface area contributed by atoms with Gasteiger partial charge in [0, 0.05) is 148 Å². The fraction of sp³-hybridized carbons (Fsp3) is 0.326. The van der Waals surface area contributed by atoms with Gasteiger partial charge in [-0.25, -0.2) is 14.4 Å². The van der Waals surface area contributed by atoms with E-state index in [0.29, 0.717) is 17.2 Å². The van der Waals surface area contributed by atoms with Crippen molar-refractivity contribution in [3.05, 3.63) is 228 Å². The Balaban J connectivity index is 0.000000116. The maximum atomic E-state index is 13.5. The lowest BCUT2D eigenvalue weighted by molar-refractivity contribution is 0.171. The first kappa shape index (κ1) is 66.2. The molecule has 4 fully saturated rings. The van der Waals surface area contributed by atoms with Crippen LogP contribution in [0.25, 0.3) is 85.0 Å². The molecule has 0 unspecified atom stereocenters. The van der Waals surface area contributed by atoms with Gasteiger partial charge in [-0.2, -0.15) is 10.5 Å². The predicted molar refractivity (Wildman–Crippen MR) is 411 cm³/mol. The number of likely N-dealkylation sites (tertiary alicyclic amines) is 1. The Bertz CT molecular complexity index is 5210. The first-order valence-electron chi connectivity index (χ1n) is 37.3. The van der Waals surface area contributed by atoms with Crippen LogP contribution in [0, 0.1) is 53.2 Å². The van der Waals surface area contributed by atoms with Crippen molar-refractivity contribution in [2.75, 3.05) is 87.7 Å². The summed E-state index contributed by atoms with van der Waals surface area (Å²) >= 11 is 0. The Morgan fingerprint density at radius 2 is 1.03 bits per heavy atom. The number of fused-ring (bicyclic) bond motifs is 15. The zero-order valence-corrected chi connectivity index (χ0v) is 60.1. The van der Waals surface area contributed by atoms with Gasteiger partial charge < -0.3 is 38.2 Å². The average molecular weight is 1380 g/mol. The van der Waals surface area contributed by atoms with Crippen LogP contribution in [-0.4, -0.2) is 136 Å². The highest BCUT2D eigenvalue weighted by atomic mass is 19.1. The molecule has 3 atom stereocenters. The normalized spacial score (nSPS) is 17.9. The molecule has 4 saturated heterocycles. The van der Waals surface area contributed by atoms with Crippen molar-refractivity contribution in [1.82, 2.24) is 57.4 Å². The van der Waals surface area contributed by atoms with Crippen molar-refractivity contribution in [2.45, 2.75) is 91.4 Å². The van der Waals surface area contributed by atoms with Crippen LogP contribution < -0.4 is 14.7 Å². The number of anilines is 3. The van der Waals surface area contributed by atoms with E-state index in [-0.39, 0.29) is 5.82 Å². The minimum Gasteiger partial charge on any atom is -0.371 e. The number of benzene rings is 6. The molecule has 17 nitrogen and oxygen atoms in total. The number of hydrogen-bond acceptors (Lipinski definition) is 11. The summed E-state index contributed by atoms with van der Waals surface area (Å²) in [4.78, 5) is 22.2. The van der Waals surface area contributed by atoms with E-state index in [9.17, 15) is 4.39 Å². The second-order valence-corrected chi connectivity index (χ2v) is 30.1. The molecule has 0 bridgehead atoms. The molecule has 0 N–H and O–H groups in total. The van der Waals surface area contributed by atoms with Crippen LogP contribution in [0.15, 0.2) is 189 Å². The van der Waals surface area contributed by atoms with Gasteiger partial charge in [-0.3, -0.25) is 13.7 Å². The highest BCUT2D eigenvalue weighted by Gasteiger charge is 2.32. The summed E-state index contributed by atoms with van der Waals surface area (Å²) in [5.74, 6) is 5.00. The predicted octanol–water partition coefficient (Wildman–Crippen LogP) is 16.0. The lowest BCUT2D eigenvalue weighted by atomic mass is 9.98. The summed E-state index contributed by atoms with van der Waals surface area (Å²) in [6.07, 6.45) is 23.3. The molecule has 12 aromatic rings. The summed E-state index contributed by atoms with van der Waals surface area (Å²) in [5.41, 5.74) is 23.6. The third-order valence-electron chi connectivity index (χ3n) is 23.1. The fourth-order valence-electron chi connectivity index (χ4n) is 17.0. The standard InChI is InChI=1S/C31H34FN5.C28H27N5.C27H27N7/c1-22-8-12-34(13-9-22)18-23-10-14-35(19-23)28-6-7-29-26(16-28)21-36-20-25(24-2-4-27(32)5-3-24)17-30(36)31-33-11-15-37(29)31;1-3-20-10-11-31(16-20)25-8-9-26-24(12-25)18-32-17-23(22-6-4-21(14-29)5-7-22)13-27(32)28-30-15-19(2)33(26)28;1-31(2)24-4-3-11-32(17-24)23-9-10-25-22(12-23)16-33-15-21(20-7-5-19(14-28)6-8-20)13-26(33)27-30-29-18-34(25)27/h2-7,11,15-17,20,22-23H,8-10,12-14,18-19,21H2,1H3;4-9,12-13,15,17,20H,3,10-11,16,18H2,1-2H3;5-10,12-13,15,18,24H,3-4,11,16-17H2,1-2H3/t23-;20-;24-/m100/s1. The number of nitriles is 2. The number of rotatable bonds is 10. The molecule has 6 aromatic heterocycles. The maximum absolute atomic E-state index is 13.5. The van der Waals surface area contributed by atoms with E-state index in [1.807, 2.05) is 73.1 Å². The Morgan fingerprint density at radius 3 is 1.59 bits per heavy atom. The van der Waals surface area contributed by atoms with E-state index >= 15 is 0 Å². The third kappa shape index (κ3) is 12.9. The molecule has 524 valence electrons. The quantitative estimate of drug-likeness (QED) is 0.129. The monoisotopic (exact) mass is 1380 g/mol. The van der Waals surface area contributed by atoms with Crippen molar-refractivity contribution in [2.24, 2.45) is 17.8 Å². The molecule has 0 amide bonds. The molecule has 7 aliphatic heterocycles. The Kier molecular flexibility index (Phi) is 17.8. The number of nitrogens with zero attached hydrogens (tertiary/aromatic N) is 17. The van der Waals surface area contributed by atoms with Crippen LogP contribution in [0.3, 0.4) is 0 Å². The summed E-state index contributed by atoms with van der Waals surface area (Å²) in [7, 11) is 4.36. The largest absolute Gasteiger partial charge is 0.371 e. The van der Waals surface area contributed by atoms with Gasteiger partial charge in [-0.05, 0) is 233 Å². The van der Waals surface area contributed by atoms with Crippen molar-refractivity contribution in [3.8, 4) is 97.1 Å². The number of halogens is 1. The van der Waals surface area contributed by atoms with Crippen LogP contribution in [-0.2, 0) is 19.6 Å². The summed E-state index contributed by atoms with van der Waals surface area (Å²) < 4.78 is 27.0. The first-order valence-corrected chi connectivity index (χ1v) is 37.3. The number of imidazole rings is 2. The van der Waals surface area contributed by atoms with Crippen LogP contribution in [0.4, 0.5) is 21.5 Å². The van der Waals surface area contributed by atoms with Gasteiger partial charge in [0.2, 0.25) is 0 Å². The fourth-order valence-corrected chi connectivity index (χ4v) is 17.0. The van der Waals surface area contributed by atoms with E-state index in [1.165, 1.54) is 122 Å². The smallest absolute Gasteiger partial charge is 0.185 e. The zero-order valence-electron chi connectivity index (χ0n) is 60.1. The second-order valence-electron chi connectivity index (χ2n) is 30.1. The van der Waals surface area contributed by atoms with Gasteiger partial charge in [-0.1, -0.05) is 56.7 Å². The van der Waals surface area contributed by atoms with Gasteiger partial charge >= 0.3 is 0 Å². The third-order valence-corrected chi connectivity index (χ3v) is 23.1. The molecule has 18 heteroatoms. The minimum atomic E-state index is -0.212. The summed E-state index contributed by atoms with van der Waals surface area (Å²) in [6, 6.07) is 54.5. The van der Waals surface area contributed by atoms with E-state index in [0.717, 1.165) is 156 Å². The highest BCUT2D eigenvalue weighted by Crippen LogP contribution is 2.41. The number of aromatic nitrogens is 10. The van der Waals surface area contributed by atoms with Crippen molar-refractivity contribution in [1.29, 1.82) is 10.5 Å². The maximum Gasteiger partial charge on any atom is 0.185 e. The molecule has 19 rings (SSSR count). The lowest BCUT2D eigenvalue weighted by Crippen LogP contribution is -2.45. The Morgan fingerprint density at radius 1 is 0.519 bits per heavy atom. The zero-order chi connectivity index (χ0) is 70.7. The average Bonchev–Trinajstić information content (AvgIpc) is 1.61. The van der Waals surface area contributed by atoms with Crippen molar-refractivity contribution < 1.29 is 4.39 Å². The van der Waals surface area contributed by atoms with E-state index in [1.54, 1.807) is 6.33 Å². The van der Waals surface area contributed by atoms with Crippen LogP contribution in [0.2, 0.25) is 0 Å². The molecule has 13 heterocycles. The van der Waals surface area contributed by atoms with E-state index < -0.39 is 0 Å². The van der Waals surface area contributed by atoms with Crippen LogP contribution in [0.1, 0.15) is 92.3 Å². The first-order chi connectivity index (χ1) is 50.8. The molecule has 0 radical (unpaired) electrons. The molecule has 6 aromatic carbocycles. The number of piperidine rings is 2. The topological polar surface area (TPSA) is 145 Å². The molecular formula is C86H88FN17. The van der Waals surface area contributed by atoms with Gasteiger partial charge in [0.25, 0.3) is 0 Å². The summed E-state index contributed by atoms with van der Waals surface area (Å²) in [6.45, 7) is 19.7. The summed E-state index contributed by atoms with van der Waals surface area (Å²) in [5, 5.41) is 27.0. The molecule has 0 spiro atoms. The van der Waals surface area contributed by atoms with Gasteiger partial charge in [0.1, 0.15) is 12.1 Å².